The van der Waals surface area contributed by atoms with Crippen LogP contribution in [0, 0.1) is 0 Å². The number of hydrogen-bond acceptors (Lipinski definition) is 7. The van der Waals surface area contributed by atoms with Crippen LogP contribution >= 0.6 is 22.7 Å². The van der Waals surface area contributed by atoms with E-state index in [1.165, 1.54) is 22.7 Å². The minimum atomic E-state index is -0.274. The van der Waals surface area contributed by atoms with Crippen LogP contribution in [0.25, 0.3) is 10.2 Å². The normalized spacial score (nSPS) is 10.8. The van der Waals surface area contributed by atoms with Crippen molar-refractivity contribution in [3.05, 3.63) is 28.2 Å². The highest BCUT2D eigenvalue weighted by Crippen LogP contribution is 2.32. The number of anilines is 2. The van der Waals surface area contributed by atoms with Gasteiger partial charge in [0.2, 0.25) is 5.13 Å². The van der Waals surface area contributed by atoms with Gasteiger partial charge in [0.15, 0.2) is 0 Å². The number of nitrogens with zero attached hydrogens (tertiary/aromatic N) is 3. The first-order valence-electron chi connectivity index (χ1n) is 5.95. The number of carbonyl (C=O) groups excluding carboxylic acids is 1. The van der Waals surface area contributed by atoms with Gasteiger partial charge >= 0.3 is 0 Å². The summed E-state index contributed by atoms with van der Waals surface area (Å²) >= 11 is 2.63. The molecule has 3 aromatic heterocycles. The van der Waals surface area contributed by atoms with Crippen LogP contribution in [-0.2, 0) is 6.42 Å². The van der Waals surface area contributed by atoms with Gasteiger partial charge in [0, 0.05) is 11.6 Å². The molecule has 20 heavy (non-hydrogen) atoms. The summed E-state index contributed by atoms with van der Waals surface area (Å²) < 4.78 is 0. The number of carbonyl (C=O) groups is 1. The Morgan fingerprint density at radius 2 is 2.25 bits per heavy atom. The van der Waals surface area contributed by atoms with Gasteiger partial charge in [-0.1, -0.05) is 18.3 Å². The monoisotopic (exact) mass is 305 g/mol. The van der Waals surface area contributed by atoms with E-state index >= 15 is 0 Å². The summed E-state index contributed by atoms with van der Waals surface area (Å²) in [5.74, 6) is -0.274. The zero-order valence-electron chi connectivity index (χ0n) is 10.6. The quantitative estimate of drug-likeness (QED) is 0.775. The first kappa shape index (κ1) is 12.9. The van der Waals surface area contributed by atoms with Gasteiger partial charge in [-0.25, -0.2) is 4.98 Å². The molecule has 6 nitrogen and oxygen atoms in total. The van der Waals surface area contributed by atoms with E-state index in [9.17, 15) is 4.79 Å². The zero-order chi connectivity index (χ0) is 14.1. The first-order valence-corrected chi connectivity index (χ1v) is 7.59. The van der Waals surface area contributed by atoms with Crippen LogP contribution < -0.4 is 11.1 Å². The molecule has 1 amide bonds. The lowest BCUT2D eigenvalue weighted by molar-refractivity contribution is 0.103. The largest absolute Gasteiger partial charge is 0.397 e. The van der Waals surface area contributed by atoms with Crippen molar-refractivity contribution in [3.63, 3.8) is 0 Å². The second kappa shape index (κ2) is 5.14. The summed E-state index contributed by atoms with van der Waals surface area (Å²) in [6.45, 7) is 1.99. The van der Waals surface area contributed by atoms with Crippen molar-refractivity contribution in [1.29, 1.82) is 0 Å². The van der Waals surface area contributed by atoms with Crippen LogP contribution in [0.15, 0.2) is 18.3 Å². The van der Waals surface area contributed by atoms with E-state index in [1.807, 2.05) is 13.0 Å². The molecular weight excluding hydrogens is 294 g/mol. The number of pyridine rings is 1. The number of amides is 1. The SMILES string of the molecule is CCc1nnc(NC(=O)c2sc3ncccc3c2N)s1. The lowest BCUT2D eigenvalue weighted by atomic mass is 10.2. The zero-order valence-corrected chi connectivity index (χ0v) is 12.2. The predicted octanol–water partition coefficient (Wildman–Crippen LogP) is 2.54. The van der Waals surface area contributed by atoms with E-state index in [4.69, 9.17) is 5.73 Å². The van der Waals surface area contributed by atoms with E-state index in [2.05, 4.69) is 20.5 Å². The molecule has 3 rings (SSSR count). The van der Waals surface area contributed by atoms with Crippen LogP contribution in [0.4, 0.5) is 10.8 Å². The van der Waals surface area contributed by atoms with Gasteiger partial charge in [0.05, 0.1) is 5.69 Å². The number of hydrogen-bond donors (Lipinski definition) is 2. The third-order valence-corrected chi connectivity index (χ3v) is 4.81. The number of rotatable bonds is 3. The van der Waals surface area contributed by atoms with Crippen molar-refractivity contribution >= 4 is 49.6 Å². The van der Waals surface area contributed by atoms with Gasteiger partial charge in [-0.05, 0) is 18.6 Å². The highest BCUT2D eigenvalue weighted by molar-refractivity contribution is 7.21. The fourth-order valence-electron chi connectivity index (χ4n) is 1.72. The molecule has 0 fully saturated rings. The Balaban J connectivity index is 1.90. The molecule has 0 aliphatic carbocycles. The van der Waals surface area contributed by atoms with Gasteiger partial charge < -0.3 is 5.73 Å². The fraction of sp³-hybridized carbons (Fsp3) is 0.167. The van der Waals surface area contributed by atoms with E-state index < -0.39 is 0 Å². The second-order valence-corrected chi connectivity index (χ2v) is 6.07. The van der Waals surface area contributed by atoms with Gasteiger partial charge in [0.25, 0.3) is 5.91 Å². The van der Waals surface area contributed by atoms with Crippen LogP contribution in [0.3, 0.4) is 0 Å². The van der Waals surface area contributed by atoms with Crippen molar-refractivity contribution in [2.75, 3.05) is 11.1 Å². The highest BCUT2D eigenvalue weighted by atomic mass is 32.1. The molecule has 0 saturated heterocycles. The molecule has 0 saturated carbocycles. The molecule has 3 heterocycles. The molecule has 0 aliphatic rings. The van der Waals surface area contributed by atoms with E-state index in [-0.39, 0.29) is 5.91 Å². The molecule has 0 spiro atoms. The summed E-state index contributed by atoms with van der Waals surface area (Å²) in [6, 6.07) is 3.65. The Hall–Kier alpha value is -2.06. The van der Waals surface area contributed by atoms with Crippen LogP contribution in [0.5, 0.6) is 0 Å². The average molecular weight is 305 g/mol. The predicted molar refractivity (Wildman–Crippen MR) is 81.3 cm³/mol. The lowest BCUT2D eigenvalue weighted by Gasteiger charge is -1.99. The highest BCUT2D eigenvalue weighted by Gasteiger charge is 2.18. The molecule has 0 bridgehead atoms. The third kappa shape index (κ3) is 2.23. The maximum Gasteiger partial charge on any atom is 0.269 e. The Bertz CT molecular complexity index is 779. The van der Waals surface area contributed by atoms with E-state index in [0.717, 1.165) is 21.6 Å². The minimum absolute atomic E-state index is 0.274. The van der Waals surface area contributed by atoms with Gasteiger partial charge in [-0.2, -0.15) is 0 Å². The molecule has 0 atom stereocenters. The first-order chi connectivity index (χ1) is 9.69. The van der Waals surface area contributed by atoms with Crippen LogP contribution in [0.1, 0.15) is 21.6 Å². The number of aromatic nitrogens is 3. The smallest absolute Gasteiger partial charge is 0.269 e. The summed E-state index contributed by atoms with van der Waals surface area (Å²) in [7, 11) is 0. The summed E-state index contributed by atoms with van der Waals surface area (Å²) in [4.78, 5) is 17.6. The molecule has 0 aromatic carbocycles. The maximum absolute atomic E-state index is 12.2. The number of nitrogens with one attached hydrogen (secondary N) is 1. The molecule has 0 aliphatic heterocycles. The fourth-order valence-corrected chi connectivity index (χ4v) is 3.35. The molecule has 102 valence electrons. The second-order valence-electron chi connectivity index (χ2n) is 4.01. The lowest BCUT2D eigenvalue weighted by Crippen LogP contribution is -2.11. The maximum atomic E-state index is 12.2. The average Bonchev–Trinajstić information content (AvgIpc) is 3.04. The molecule has 3 N–H and O–H groups in total. The summed E-state index contributed by atoms with van der Waals surface area (Å²) in [5, 5.41) is 12.8. The van der Waals surface area contributed by atoms with Crippen molar-refractivity contribution in [2.24, 2.45) is 0 Å². The van der Waals surface area contributed by atoms with Crippen molar-refractivity contribution < 1.29 is 4.79 Å². The van der Waals surface area contributed by atoms with Gasteiger partial charge in [-0.15, -0.1) is 21.5 Å². The van der Waals surface area contributed by atoms with Gasteiger partial charge in [-0.3, -0.25) is 10.1 Å². The van der Waals surface area contributed by atoms with Gasteiger partial charge in [0.1, 0.15) is 14.7 Å². The molecule has 0 unspecified atom stereocenters. The number of fused-ring (bicyclic) bond motifs is 1. The number of aryl methyl sites for hydroxylation is 1. The van der Waals surface area contributed by atoms with Crippen molar-refractivity contribution in [2.45, 2.75) is 13.3 Å². The molecule has 0 radical (unpaired) electrons. The Morgan fingerprint density at radius 3 is 2.95 bits per heavy atom. The van der Waals surface area contributed by atoms with E-state index in [1.54, 1.807) is 12.3 Å². The Kier molecular flexibility index (Phi) is 3.33. The molecule has 3 aromatic rings. The van der Waals surface area contributed by atoms with Crippen molar-refractivity contribution in [3.8, 4) is 0 Å². The molecular formula is C12H11N5OS2. The van der Waals surface area contributed by atoms with Crippen LogP contribution in [0.2, 0.25) is 0 Å². The molecule has 8 heteroatoms. The Morgan fingerprint density at radius 1 is 1.40 bits per heavy atom. The van der Waals surface area contributed by atoms with Crippen LogP contribution in [-0.4, -0.2) is 21.1 Å². The third-order valence-electron chi connectivity index (χ3n) is 2.70. The standard InChI is InChI=1S/C12H11N5OS2/c1-2-7-16-17-12(19-7)15-10(18)9-8(13)6-4-3-5-14-11(6)20-9/h3-5H,2,13H2,1H3,(H,15,17,18). The topological polar surface area (TPSA) is 93.8 Å². The number of nitrogen functional groups attached to an aromatic ring is 1. The van der Waals surface area contributed by atoms with E-state index in [0.29, 0.717) is 15.7 Å². The minimum Gasteiger partial charge on any atom is -0.397 e. The summed E-state index contributed by atoms with van der Waals surface area (Å²) in [6.07, 6.45) is 2.47. The number of nitrogens with two attached hydrogens (primary N) is 1. The Labute approximate surface area is 122 Å². The number of thiophene rings is 1. The summed E-state index contributed by atoms with van der Waals surface area (Å²) in [5.41, 5.74) is 6.46. The van der Waals surface area contributed by atoms with Crippen molar-refractivity contribution in [1.82, 2.24) is 15.2 Å².